The molecule has 0 saturated heterocycles. The molecule has 1 aromatic heterocycles. The summed E-state index contributed by atoms with van der Waals surface area (Å²) in [5, 5.41) is 7.07. The van der Waals surface area contributed by atoms with Crippen LogP contribution in [-0.2, 0) is 9.84 Å². The molecule has 0 spiro atoms. The molecule has 0 aliphatic heterocycles. The van der Waals surface area contributed by atoms with E-state index in [0.717, 1.165) is 22.2 Å². The van der Waals surface area contributed by atoms with Gasteiger partial charge in [-0.25, -0.2) is 8.42 Å². The van der Waals surface area contributed by atoms with Gasteiger partial charge in [0.15, 0.2) is 9.84 Å². The van der Waals surface area contributed by atoms with Crippen LogP contribution in [0.2, 0.25) is 0 Å². The third-order valence-electron chi connectivity index (χ3n) is 3.63. The number of sulfone groups is 1. The predicted octanol–water partition coefficient (Wildman–Crippen LogP) is 2.54. The van der Waals surface area contributed by atoms with Crippen molar-refractivity contribution >= 4 is 43.2 Å². The summed E-state index contributed by atoms with van der Waals surface area (Å²) in [6, 6.07) is 13.8. The van der Waals surface area contributed by atoms with Crippen molar-refractivity contribution < 1.29 is 13.2 Å². The van der Waals surface area contributed by atoms with Gasteiger partial charge in [-0.1, -0.05) is 12.1 Å². The third kappa shape index (κ3) is 4.15. The van der Waals surface area contributed by atoms with Crippen LogP contribution in [0.1, 0.15) is 10.4 Å². The van der Waals surface area contributed by atoms with E-state index in [2.05, 4.69) is 15.0 Å². The predicted molar refractivity (Wildman–Crippen MR) is 100.0 cm³/mol. The normalized spacial score (nSPS) is 11.4. The molecule has 0 unspecified atom stereocenters. The van der Waals surface area contributed by atoms with Gasteiger partial charge in [0.1, 0.15) is 5.82 Å². The van der Waals surface area contributed by atoms with Gasteiger partial charge in [0.05, 0.1) is 9.60 Å². The summed E-state index contributed by atoms with van der Waals surface area (Å²) >= 11 is 1.43. The Labute approximate surface area is 150 Å². The molecule has 8 heteroatoms. The van der Waals surface area contributed by atoms with E-state index in [0.29, 0.717) is 18.7 Å². The zero-order valence-electron chi connectivity index (χ0n) is 13.5. The number of carbonyl (C=O) groups is 1. The number of carbonyl (C=O) groups excluding carboxylic acids is 1. The van der Waals surface area contributed by atoms with Crippen molar-refractivity contribution in [2.75, 3.05) is 24.7 Å². The number of amides is 1. The molecule has 0 saturated carbocycles. The minimum absolute atomic E-state index is 0.195. The van der Waals surface area contributed by atoms with E-state index >= 15 is 0 Å². The number of rotatable bonds is 6. The zero-order chi connectivity index (χ0) is 17.9. The fraction of sp³-hybridized carbons (Fsp3) is 0.176. The Kier molecular flexibility index (Phi) is 5.00. The summed E-state index contributed by atoms with van der Waals surface area (Å²) in [7, 11) is -3.26. The van der Waals surface area contributed by atoms with Crippen LogP contribution < -0.4 is 10.6 Å². The number of fused-ring (bicyclic) bond motifs is 1. The van der Waals surface area contributed by atoms with Gasteiger partial charge in [-0.2, -0.15) is 4.37 Å². The van der Waals surface area contributed by atoms with Crippen LogP contribution in [0.3, 0.4) is 0 Å². The van der Waals surface area contributed by atoms with E-state index in [4.69, 9.17) is 0 Å². The number of nitrogens with zero attached hydrogens (tertiary/aromatic N) is 1. The van der Waals surface area contributed by atoms with Gasteiger partial charge in [-0.3, -0.25) is 4.79 Å². The molecule has 3 aromatic rings. The van der Waals surface area contributed by atoms with Crippen molar-refractivity contribution in [3.63, 3.8) is 0 Å². The molecule has 0 bridgehead atoms. The molecule has 1 amide bonds. The summed E-state index contributed by atoms with van der Waals surface area (Å²) in [6.07, 6.45) is 1.13. The van der Waals surface area contributed by atoms with Crippen LogP contribution in [0, 0.1) is 0 Å². The molecular weight excluding hydrogens is 358 g/mol. The molecule has 0 radical (unpaired) electrons. The first-order valence-corrected chi connectivity index (χ1v) is 10.3. The van der Waals surface area contributed by atoms with Crippen LogP contribution in [0.15, 0.2) is 53.4 Å². The van der Waals surface area contributed by atoms with Crippen molar-refractivity contribution in [3.05, 3.63) is 54.1 Å². The van der Waals surface area contributed by atoms with Crippen molar-refractivity contribution in [2.24, 2.45) is 0 Å². The molecule has 2 N–H and O–H groups in total. The molecule has 0 aliphatic carbocycles. The van der Waals surface area contributed by atoms with E-state index in [1.807, 2.05) is 24.3 Å². The highest BCUT2D eigenvalue weighted by Crippen LogP contribution is 2.25. The van der Waals surface area contributed by atoms with Crippen LogP contribution in [0.25, 0.3) is 10.1 Å². The maximum atomic E-state index is 12.1. The van der Waals surface area contributed by atoms with E-state index in [-0.39, 0.29) is 10.8 Å². The first-order chi connectivity index (χ1) is 11.9. The Morgan fingerprint density at radius 3 is 2.52 bits per heavy atom. The SMILES string of the molecule is CS(=O)(=O)c1ccc(C(=O)NCCNc2nsc3ccccc23)cc1. The standard InChI is InChI=1S/C17H17N3O3S2/c1-25(22,23)13-8-6-12(7-9-13)17(21)19-11-10-18-16-14-4-2-3-5-15(14)24-20-16/h2-9H,10-11H2,1H3,(H,18,20)(H,19,21). The van der Waals surface area contributed by atoms with Gasteiger partial charge in [-0.05, 0) is 47.9 Å². The van der Waals surface area contributed by atoms with Gasteiger partial charge >= 0.3 is 0 Å². The summed E-state index contributed by atoms with van der Waals surface area (Å²) in [5.41, 5.74) is 0.423. The molecule has 0 aliphatic rings. The minimum atomic E-state index is -3.26. The van der Waals surface area contributed by atoms with Gasteiger partial charge in [-0.15, -0.1) is 0 Å². The molecule has 0 fully saturated rings. The number of nitrogens with one attached hydrogen (secondary N) is 2. The Bertz CT molecular complexity index is 995. The summed E-state index contributed by atoms with van der Waals surface area (Å²) in [4.78, 5) is 12.3. The maximum absolute atomic E-state index is 12.1. The summed E-state index contributed by atoms with van der Waals surface area (Å²) in [6.45, 7) is 0.972. The van der Waals surface area contributed by atoms with Crippen LogP contribution in [0.4, 0.5) is 5.82 Å². The lowest BCUT2D eigenvalue weighted by atomic mass is 10.2. The van der Waals surface area contributed by atoms with Gasteiger partial charge in [0.2, 0.25) is 0 Å². The smallest absolute Gasteiger partial charge is 0.251 e. The number of benzene rings is 2. The number of aromatic nitrogens is 1. The van der Waals surface area contributed by atoms with Crippen molar-refractivity contribution in [1.82, 2.24) is 9.69 Å². The largest absolute Gasteiger partial charge is 0.367 e. The van der Waals surface area contributed by atoms with E-state index in [9.17, 15) is 13.2 Å². The third-order valence-corrected chi connectivity index (χ3v) is 5.58. The van der Waals surface area contributed by atoms with Gasteiger partial charge in [0.25, 0.3) is 5.91 Å². The average Bonchev–Trinajstić information content (AvgIpc) is 3.01. The van der Waals surface area contributed by atoms with Crippen molar-refractivity contribution in [1.29, 1.82) is 0 Å². The first-order valence-electron chi connectivity index (χ1n) is 7.62. The quantitative estimate of drug-likeness (QED) is 0.647. The second-order valence-electron chi connectivity index (χ2n) is 5.51. The lowest BCUT2D eigenvalue weighted by Gasteiger charge is -2.07. The number of anilines is 1. The molecular formula is C17H17N3O3S2. The minimum Gasteiger partial charge on any atom is -0.367 e. The van der Waals surface area contributed by atoms with Gasteiger partial charge in [0, 0.05) is 30.3 Å². The molecule has 0 atom stereocenters. The highest BCUT2D eigenvalue weighted by molar-refractivity contribution is 7.90. The first kappa shape index (κ1) is 17.4. The number of hydrogen-bond donors (Lipinski definition) is 2. The van der Waals surface area contributed by atoms with Crippen molar-refractivity contribution in [2.45, 2.75) is 4.90 Å². The monoisotopic (exact) mass is 375 g/mol. The van der Waals surface area contributed by atoms with E-state index in [1.165, 1.54) is 35.8 Å². The second kappa shape index (κ2) is 7.20. The fourth-order valence-electron chi connectivity index (χ4n) is 2.33. The number of hydrogen-bond acceptors (Lipinski definition) is 6. The Morgan fingerprint density at radius 2 is 1.80 bits per heavy atom. The van der Waals surface area contributed by atoms with E-state index in [1.54, 1.807) is 0 Å². The fourth-order valence-corrected chi connectivity index (χ4v) is 3.71. The Hall–Kier alpha value is -2.45. The lowest BCUT2D eigenvalue weighted by Crippen LogP contribution is -2.28. The maximum Gasteiger partial charge on any atom is 0.251 e. The highest BCUT2D eigenvalue weighted by atomic mass is 32.2. The average molecular weight is 375 g/mol. The summed E-state index contributed by atoms with van der Waals surface area (Å²) < 4.78 is 28.3. The topological polar surface area (TPSA) is 88.2 Å². The molecule has 2 aromatic carbocycles. The second-order valence-corrected chi connectivity index (χ2v) is 8.33. The zero-order valence-corrected chi connectivity index (χ0v) is 15.2. The van der Waals surface area contributed by atoms with Crippen molar-refractivity contribution in [3.8, 4) is 0 Å². The van der Waals surface area contributed by atoms with Crippen LogP contribution in [-0.4, -0.2) is 38.0 Å². The van der Waals surface area contributed by atoms with Crippen LogP contribution >= 0.6 is 11.5 Å². The Morgan fingerprint density at radius 1 is 1.08 bits per heavy atom. The van der Waals surface area contributed by atoms with Gasteiger partial charge < -0.3 is 10.6 Å². The molecule has 3 rings (SSSR count). The highest BCUT2D eigenvalue weighted by Gasteiger charge is 2.10. The lowest BCUT2D eigenvalue weighted by molar-refractivity contribution is 0.0955. The molecule has 25 heavy (non-hydrogen) atoms. The molecule has 130 valence electrons. The Balaban J connectivity index is 1.53. The summed E-state index contributed by atoms with van der Waals surface area (Å²) in [5.74, 6) is 0.567. The molecule has 1 heterocycles. The van der Waals surface area contributed by atoms with Crippen LogP contribution in [0.5, 0.6) is 0 Å². The van der Waals surface area contributed by atoms with E-state index < -0.39 is 9.84 Å². The molecule has 6 nitrogen and oxygen atoms in total.